The molecule has 7 nitrogen and oxygen atoms in total. The first-order valence-electron chi connectivity index (χ1n) is 8.28. The smallest absolute Gasteiger partial charge is 0.363 e. The number of halogens is 2. The highest BCUT2D eigenvalue weighted by molar-refractivity contribution is 9.11. The lowest BCUT2D eigenvalue weighted by molar-refractivity contribution is -0.384. The van der Waals surface area contributed by atoms with Crippen LogP contribution in [0, 0.1) is 10.1 Å². The molecule has 2 aromatic rings. The summed E-state index contributed by atoms with van der Waals surface area (Å²) in [5.41, 5.74) is 1.29. The van der Waals surface area contributed by atoms with E-state index in [-0.39, 0.29) is 17.3 Å². The Labute approximate surface area is 177 Å². The van der Waals surface area contributed by atoms with Crippen molar-refractivity contribution < 1.29 is 19.2 Å². The molecule has 0 unspecified atom stereocenters. The molecule has 1 aliphatic rings. The summed E-state index contributed by atoms with van der Waals surface area (Å²) >= 11 is 6.94. The Hall–Kier alpha value is -2.52. The van der Waals surface area contributed by atoms with Gasteiger partial charge in [0, 0.05) is 17.7 Å². The van der Waals surface area contributed by atoms with E-state index in [4.69, 9.17) is 9.47 Å². The molecular formula is C19H14Br2N2O5. The maximum Gasteiger partial charge on any atom is 0.363 e. The van der Waals surface area contributed by atoms with E-state index in [1.54, 1.807) is 6.08 Å². The van der Waals surface area contributed by atoms with Crippen molar-refractivity contribution in [3.05, 3.63) is 72.3 Å². The van der Waals surface area contributed by atoms with Crippen molar-refractivity contribution >= 4 is 55.5 Å². The van der Waals surface area contributed by atoms with Crippen LogP contribution in [0.2, 0.25) is 0 Å². The Bertz CT molecular complexity index is 977. The lowest BCUT2D eigenvalue weighted by Crippen LogP contribution is -2.05. The molecular weight excluding hydrogens is 496 g/mol. The lowest BCUT2D eigenvalue weighted by Gasteiger charge is -2.10. The summed E-state index contributed by atoms with van der Waals surface area (Å²) in [6.07, 6.45) is 2.48. The summed E-state index contributed by atoms with van der Waals surface area (Å²) in [4.78, 5) is 26.6. The molecule has 0 amide bonds. The molecule has 0 saturated carbocycles. The highest BCUT2D eigenvalue weighted by Crippen LogP contribution is 2.36. The number of esters is 1. The number of hydrogen-bond acceptors (Lipinski definition) is 6. The zero-order chi connectivity index (χ0) is 20.3. The molecule has 0 aliphatic carbocycles. The summed E-state index contributed by atoms with van der Waals surface area (Å²) in [6.45, 7) is 2.61. The molecule has 0 aromatic heterocycles. The number of non-ortho nitro benzene ring substituents is 1. The number of carbonyl (C=O) groups excluding carboxylic acids is 1. The number of hydrogen-bond donors (Lipinski definition) is 0. The largest absolute Gasteiger partial charge is 0.491 e. The number of carbonyl (C=O) groups is 1. The molecule has 0 saturated heterocycles. The van der Waals surface area contributed by atoms with Gasteiger partial charge in [0.1, 0.15) is 5.75 Å². The monoisotopic (exact) mass is 508 g/mol. The highest BCUT2D eigenvalue weighted by atomic mass is 79.9. The van der Waals surface area contributed by atoms with Crippen LogP contribution in [-0.4, -0.2) is 23.4 Å². The van der Waals surface area contributed by atoms with E-state index in [1.807, 2.05) is 19.1 Å². The molecule has 9 heteroatoms. The minimum Gasteiger partial charge on any atom is -0.491 e. The van der Waals surface area contributed by atoms with Gasteiger partial charge >= 0.3 is 5.97 Å². The van der Waals surface area contributed by atoms with Crippen LogP contribution in [0.15, 0.2) is 56.0 Å². The van der Waals surface area contributed by atoms with Gasteiger partial charge in [-0.1, -0.05) is 6.92 Å². The Morgan fingerprint density at radius 2 is 1.86 bits per heavy atom. The average Bonchev–Trinajstić information content (AvgIpc) is 3.01. The van der Waals surface area contributed by atoms with Gasteiger partial charge in [-0.25, -0.2) is 9.79 Å². The number of nitro benzene ring substituents is 1. The second kappa shape index (κ2) is 8.66. The van der Waals surface area contributed by atoms with Crippen LogP contribution in [0.3, 0.4) is 0 Å². The Kier molecular flexibility index (Phi) is 6.25. The molecule has 0 fully saturated rings. The van der Waals surface area contributed by atoms with E-state index >= 15 is 0 Å². The first-order chi connectivity index (χ1) is 13.4. The van der Waals surface area contributed by atoms with E-state index in [0.29, 0.717) is 17.9 Å². The summed E-state index contributed by atoms with van der Waals surface area (Å²) in [5, 5.41) is 10.7. The number of ether oxygens (including phenoxy) is 2. The fourth-order valence-electron chi connectivity index (χ4n) is 2.42. The van der Waals surface area contributed by atoms with Gasteiger partial charge in [0.2, 0.25) is 5.90 Å². The number of cyclic esters (lactones) is 1. The van der Waals surface area contributed by atoms with Crippen LogP contribution < -0.4 is 4.74 Å². The number of rotatable bonds is 6. The van der Waals surface area contributed by atoms with E-state index in [9.17, 15) is 14.9 Å². The Balaban J connectivity index is 1.88. The molecule has 0 atom stereocenters. The molecule has 144 valence electrons. The van der Waals surface area contributed by atoms with Crippen LogP contribution in [-0.2, 0) is 9.53 Å². The van der Waals surface area contributed by atoms with Crippen molar-refractivity contribution in [2.75, 3.05) is 6.61 Å². The normalized spacial score (nSPS) is 14.8. The summed E-state index contributed by atoms with van der Waals surface area (Å²) in [5.74, 6) is 0.201. The Morgan fingerprint density at radius 1 is 1.21 bits per heavy atom. The van der Waals surface area contributed by atoms with E-state index < -0.39 is 10.9 Å². The molecule has 1 heterocycles. The van der Waals surface area contributed by atoms with E-state index in [0.717, 1.165) is 20.9 Å². The second-order valence-corrected chi connectivity index (χ2v) is 7.51. The minimum absolute atomic E-state index is 0.0514. The maximum atomic E-state index is 12.2. The predicted octanol–water partition coefficient (Wildman–Crippen LogP) is 5.25. The van der Waals surface area contributed by atoms with Crippen molar-refractivity contribution in [1.29, 1.82) is 0 Å². The zero-order valence-corrected chi connectivity index (χ0v) is 17.8. The van der Waals surface area contributed by atoms with E-state index in [2.05, 4.69) is 36.9 Å². The molecule has 2 aromatic carbocycles. The van der Waals surface area contributed by atoms with Gasteiger partial charge < -0.3 is 9.47 Å². The molecule has 0 radical (unpaired) electrons. The number of nitrogens with zero attached hydrogens (tertiary/aromatic N) is 2. The van der Waals surface area contributed by atoms with Crippen molar-refractivity contribution in [2.24, 2.45) is 4.99 Å². The molecule has 0 spiro atoms. The van der Waals surface area contributed by atoms with Gasteiger partial charge in [-0.2, -0.15) is 0 Å². The molecule has 0 N–H and O–H groups in total. The molecule has 28 heavy (non-hydrogen) atoms. The van der Waals surface area contributed by atoms with Crippen LogP contribution >= 0.6 is 31.9 Å². The third kappa shape index (κ3) is 4.48. The third-order valence-electron chi connectivity index (χ3n) is 3.72. The zero-order valence-electron chi connectivity index (χ0n) is 14.6. The Morgan fingerprint density at radius 3 is 2.43 bits per heavy atom. The number of benzene rings is 2. The fourth-order valence-corrected chi connectivity index (χ4v) is 3.87. The van der Waals surface area contributed by atoms with Crippen LogP contribution in [0.25, 0.3) is 6.08 Å². The summed E-state index contributed by atoms with van der Waals surface area (Å²) < 4.78 is 12.4. The van der Waals surface area contributed by atoms with Crippen molar-refractivity contribution in [3.8, 4) is 5.75 Å². The van der Waals surface area contributed by atoms with Gasteiger partial charge in [-0.15, -0.1) is 0 Å². The topological polar surface area (TPSA) is 91.0 Å². The van der Waals surface area contributed by atoms with Gasteiger partial charge in [0.05, 0.1) is 20.5 Å². The highest BCUT2D eigenvalue weighted by Gasteiger charge is 2.24. The van der Waals surface area contributed by atoms with Gasteiger partial charge in [0.15, 0.2) is 5.70 Å². The van der Waals surface area contributed by atoms with Crippen LogP contribution in [0.1, 0.15) is 24.5 Å². The van der Waals surface area contributed by atoms with Crippen molar-refractivity contribution in [1.82, 2.24) is 0 Å². The van der Waals surface area contributed by atoms with Gasteiger partial charge in [0.25, 0.3) is 5.69 Å². The number of aliphatic imine (C=N–C) groups is 1. The number of nitro groups is 1. The maximum absolute atomic E-state index is 12.2. The van der Waals surface area contributed by atoms with Gasteiger partial charge in [-0.05, 0) is 74.2 Å². The SMILES string of the molecule is CCCOc1c(Br)cc(/C=C2\N=C(c3ccc([N+](=O)[O-])cc3)OC2=O)cc1Br. The van der Waals surface area contributed by atoms with Crippen molar-refractivity contribution in [2.45, 2.75) is 13.3 Å². The standard InChI is InChI=1S/C19H14Br2N2O5/c1-2-7-27-17-14(20)8-11(9-15(17)21)10-16-19(24)28-18(22-16)12-3-5-13(6-4-12)23(25)26/h3-6,8-10H,2,7H2,1H3/b16-10-. The fraction of sp³-hybridized carbons (Fsp3) is 0.158. The lowest BCUT2D eigenvalue weighted by atomic mass is 10.2. The quantitative estimate of drug-likeness (QED) is 0.229. The molecule has 0 bridgehead atoms. The summed E-state index contributed by atoms with van der Waals surface area (Å²) in [7, 11) is 0. The molecule has 1 aliphatic heterocycles. The first-order valence-corrected chi connectivity index (χ1v) is 9.87. The van der Waals surface area contributed by atoms with Gasteiger partial charge in [-0.3, -0.25) is 10.1 Å². The van der Waals surface area contributed by atoms with Crippen molar-refractivity contribution in [3.63, 3.8) is 0 Å². The molecule has 3 rings (SSSR count). The van der Waals surface area contributed by atoms with E-state index in [1.165, 1.54) is 24.3 Å². The minimum atomic E-state index is -0.591. The third-order valence-corrected chi connectivity index (χ3v) is 4.90. The van der Waals surface area contributed by atoms with Crippen LogP contribution in [0.4, 0.5) is 5.69 Å². The summed E-state index contributed by atoms with van der Waals surface area (Å²) in [6, 6.07) is 9.26. The van der Waals surface area contributed by atoms with Crippen LogP contribution in [0.5, 0.6) is 5.75 Å². The average molecular weight is 510 g/mol. The first kappa shape index (κ1) is 20.2. The predicted molar refractivity (Wildman–Crippen MR) is 111 cm³/mol. The second-order valence-electron chi connectivity index (χ2n) is 5.80.